The van der Waals surface area contributed by atoms with Gasteiger partial charge in [0.1, 0.15) is 16.9 Å². The molecule has 1 fully saturated rings. The molecule has 0 aliphatic carbocycles. The van der Waals surface area contributed by atoms with E-state index in [0.717, 1.165) is 25.0 Å². The van der Waals surface area contributed by atoms with Gasteiger partial charge >= 0.3 is 6.18 Å². The van der Waals surface area contributed by atoms with Crippen molar-refractivity contribution in [1.82, 2.24) is 5.32 Å². The van der Waals surface area contributed by atoms with E-state index in [9.17, 15) is 23.1 Å². The maximum Gasteiger partial charge on any atom is 0.416 e. The van der Waals surface area contributed by atoms with Gasteiger partial charge in [-0.25, -0.2) is 4.99 Å². The van der Waals surface area contributed by atoms with Crippen LogP contribution in [-0.4, -0.2) is 30.3 Å². The molecule has 2 heterocycles. The number of carbonyl (C=O) groups excluding carboxylic acids is 1. The van der Waals surface area contributed by atoms with E-state index in [2.05, 4.69) is 10.3 Å². The topological polar surface area (TPSA) is 84.1 Å². The van der Waals surface area contributed by atoms with Crippen LogP contribution in [0.2, 0.25) is 0 Å². The Bertz CT molecular complexity index is 1160. The van der Waals surface area contributed by atoms with Crippen LogP contribution >= 0.6 is 0 Å². The predicted molar refractivity (Wildman–Crippen MR) is 106 cm³/mol. The number of benzene rings is 2. The Kier molecular flexibility index (Phi) is 5.69. The van der Waals surface area contributed by atoms with Crippen molar-refractivity contribution in [2.45, 2.75) is 25.1 Å². The molecule has 0 bridgehead atoms. The van der Waals surface area contributed by atoms with E-state index in [0.29, 0.717) is 18.5 Å². The summed E-state index contributed by atoms with van der Waals surface area (Å²) in [6, 6.07) is 10.2. The fraction of sp³-hybridized carbons (Fsp3) is 0.273. The smallest absolute Gasteiger partial charge is 0.416 e. The number of aromatic hydroxyl groups is 1. The van der Waals surface area contributed by atoms with Crippen LogP contribution in [0.15, 0.2) is 57.9 Å². The first-order chi connectivity index (χ1) is 14.8. The summed E-state index contributed by atoms with van der Waals surface area (Å²) in [6.07, 6.45) is -2.74. The first kappa shape index (κ1) is 20.9. The number of phenols is 1. The maximum atomic E-state index is 12.8. The minimum Gasteiger partial charge on any atom is -0.508 e. The highest BCUT2D eigenvalue weighted by molar-refractivity contribution is 5.96. The van der Waals surface area contributed by atoms with Crippen LogP contribution in [0.3, 0.4) is 0 Å². The molecule has 1 saturated heterocycles. The van der Waals surface area contributed by atoms with Crippen LogP contribution in [0.1, 0.15) is 28.8 Å². The average molecular weight is 432 g/mol. The quantitative estimate of drug-likeness (QED) is 0.644. The van der Waals surface area contributed by atoms with Gasteiger partial charge < -0.3 is 19.6 Å². The molecular weight excluding hydrogens is 413 g/mol. The Labute approximate surface area is 175 Å². The molecule has 4 rings (SSSR count). The van der Waals surface area contributed by atoms with E-state index in [1.165, 1.54) is 24.3 Å². The SMILES string of the molecule is O=C(NC[C@H]1CCCO1)c1cc2ccc(O)cc2oc1=Nc1ccc(C(F)(F)F)cc1. The number of halogens is 3. The van der Waals surface area contributed by atoms with E-state index in [1.807, 2.05) is 0 Å². The van der Waals surface area contributed by atoms with Gasteiger partial charge in [0.05, 0.1) is 17.4 Å². The molecule has 2 N–H and O–H groups in total. The number of nitrogens with zero attached hydrogens (tertiary/aromatic N) is 1. The average Bonchev–Trinajstić information content (AvgIpc) is 3.25. The Balaban J connectivity index is 1.73. The van der Waals surface area contributed by atoms with Crippen molar-refractivity contribution >= 4 is 22.6 Å². The number of rotatable bonds is 4. The third kappa shape index (κ3) is 4.88. The number of amides is 1. The zero-order chi connectivity index (χ0) is 22.0. The standard InChI is InChI=1S/C22H19F3N2O4/c23-22(24,25)14-4-6-15(7-5-14)27-21-18(20(29)26-12-17-2-1-9-30-17)10-13-3-8-16(28)11-19(13)31-21/h3-8,10-11,17,28H,1-2,9,12H2,(H,26,29)/t17-/m1/s1. The van der Waals surface area contributed by atoms with Gasteiger partial charge in [-0.3, -0.25) is 4.79 Å². The molecule has 31 heavy (non-hydrogen) atoms. The number of hydrogen-bond donors (Lipinski definition) is 2. The molecule has 3 aromatic rings. The summed E-state index contributed by atoms with van der Waals surface area (Å²) >= 11 is 0. The molecule has 9 heteroatoms. The van der Waals surface area contributed by atoms with Crippen molar-refractivity contribution in [3.05, 3.63) is 65.2 Å². The minimum atomic E-state index is -4.46. The fourth-order valence-electron chi connectivity index (χ4n) is 3.30. The first-order valence-corrected chi connectivity index (χ1v) is 9.68. The van der Waals surface area contributed by atoms with E-state index >= 15 is 0 Å². The number of hydrogen-bond acceptors (Lipinski definition) is 5. The lowest BCUT2D eigenvalue weighted by molar-refractivity contribution is -0.137. The molecular formula is C22H19F3N2O4. The predicted octanol–water partition coefficient (Wildman–Crippen LogP) is 4.30. The fourth-order valence-corrected chi connectivity index (χ4v) is 3.30. The summed E-state index contributed by atoms with van der Waals surface area (Å²) in [4.78, 5) is 17.1. The monoisotopic (exact) mass is 432 g/mol. The van der Waals surface area contributed by atoms with Gasteiger partial charge in [0.25, 0.3) is 5.91 Å². The molecule has 162 valence electrons. The summed E-state index contributed by atoms with van der Waals surface area (Å²) in [6.45, 7) is 0.982. The molecule has 0 unspecified atom stereocenters. The highest BCUT2D eigenvalue weighted by Gasteiger charge is 2.30. The van der Waals surface area contributed by atoms with Crippen LogP contribution in [0, 0.1) is 0 Å². The van der Waals surface area contributed by atoms with E-state index in [-0.39, 0.29) is 34.2 Å². The van der Waals surface area contributed by atoms with Crippen LogP contribution in [0.25, 0.3) is 11.0 Å². The van der Waals surface area contributed by atoms with Crippen molar-refractivity contribution in [3.63, 3.8) is 0 Å². The molecule has 2 aromatic carbocycles. The molecule has 1 atom stereocenters. The van der Waals surface area contributed by atoms with Crippen molar-refractivity contribution in [1.29, 1.82) is 0 Å². The zero-order valence-electron chi connectivity index (χ0n) is 16.3. The highest BCUT2D eigenvalue weighted by Crippen LogP contribution is 2.30. The van der Waals surface area contributed by atoms with Gasteiger partial charge in [0.15, 0.2) is 0 Å². The number of phenolic OH excluding ortho intramolecular Hbond substituents is 1. The third-order valence-electron chi connectivity index (χ3n) is 4.92. The largest absolute Gasteiger partial charge is 0.508 e. The van der Waals surface area contributed by atoms with Crippen molar-refractivity contribution < 1.29 is 32.2 Å². The van der Waals surface area contributed by atoms with Crippen LogP contribution < -0.4 is 10.9 Å². The molecule has 1 aliphatic rings. The summed E-state index contributed by atoms with van der Waals surface area (Å²) in [5.74, 6) is -0.479. The summed E-state index contributed by atoms with van der Waals surface area (Å²) in [7, 11) is 0. The van der Waals surface area contributed by atoms with Crippen molar-refractivity contribution in [2.24, 2.45) is 4.99 Å². The molecule has 0 radical (unpaired) electrons. The highest BCUT2D eigenvalue weighted by atomic mass is 19.4. The Morgan fingerprint density at radius 1 is 1.16 bits per heavy atom. The molecule has 6 nitrogen and oxygen atoms in total. The van der Waals surface area contributed by atoms with Gasteiger partial charge in [0.2, 0.25) is 5.55 Å². The second-order valence-corrected chi connectivity index (χ2v) is 7.19. The maximum absolute atomic E-state index is 12.8. The second kappa shape index (κ2) is 8.43. The lowest BCUT2D eigenvalue weighted by Crippen LogP contribution is -2.34. The van der Waals surface area contributed by atoms with E-state index in [1.54, 1.807) is 12.1 Å². The van der Waals surface area contributed by atoms with Gasteiger partial charge in [0, 0.05) is 24.6 Å². The molecule has 1 aromatic heterocycles. The van der Waals surface area contributed by atoms with E-state index in [4.69, 9.17) is 9.15 Å². The first-order valence-electron chi connectivity index (χ1n) is 9.68. The number of nitrogens with one attached hydrogen (secondary N) is 1. The molecule has 0 saturated carbocycles. The van der Waals surface area contributed by atoms with Crippen LogP contribution in [-0.2, 0) is 10.9 Å². The van der Waals surface area contributed by atoms with Crippen LogP contribution in [0.5, 0.6) is 5.75 Å². The summed E-state index contributed by atoms with van der Waals surface area (Å²) in [5.41, 5.74) is -0.300. The Morgan fingerprint density at radius 3 is 2.61 bits per heavy atom. The third-order valence-corrected chi connectivity index (χ3v) is 4.92. The lowest BCUT2D eigenvalue weighted by Gasteiger charge is -2.11. The van der Waals surface area contributed by atoms with Gasteiger partial charge in [-0.2, -0.15) is 13.2 Å². The van der Waals surface area contributed by atoms with Crippen LogP contribution in [0.4, 0.5) is 18.9 Å². The lowest BCUT2D eigenvalue weighted by atomic mass is 10.1. The second-order valence-electron chi connectivity index (χ2n) is 7.19. The molecule has 1 amide bonds. The normalized spacial score (nSPS) is 17.3. The number of fused-ring (bicyclic) bond motifs is 1. The summed E-state index contributed by atoms with van der Waals surface area (Å²) < 4.78 is 49.7. The summed E-state index contributed by atoms with van der Waals surface area (Å²) in [5, 5.41) is 13.1. The number of ether oxygens (including phenoxy) is 1. The van der Waals surface area contributed by atoms with Gasteiger partial charge in [-0.15, -0.1) is 0 Å². The van der Waals surface area contributed by atoms with Crippen molar-refractivity contribution in [3.8, 4) is 5.75 Å². The molecule has 1 aliphatic heterocycles. The zero-order valence-corrected chi connectivity index (χ0v) is 16.3. The Hall–Kier alpha value is -3.33. The number of carbonyl (C=O) groups is 1. The van der Waals surface area contributed by atoms with Gasteiger partial charge in [-0.1, -0.05) is 0 Å². The Morgan fingerprint density at radius 2 is 1.94 bits per heavy atom. The van der Waals surface area contributed by atoms with Crippen molar-refractivity contribution in [2.75, 3.05) is 13.2 Å². The molecule has 0 spiro atoms. The number of alkyl halides is 3. The van der Waals surface area contributed by atoms with E-state index < -0.39 is 17.6 Å². The van der Waals surface area contributed by atoms with Gasteiger partial charge in [-0.05, 0) is 55.3 Å². The minimum absolute atomic E-state index is 0.0349.